The summed E-state index contributed by atoms with van der Waals surface area (Å²) >= 11 is 1.47. The Hall–Kier alpha value is -2.15. The second-order valence-electron chi connectivity index (χ2n) is 5.33. The fourth-order valence-electron chi connectivity index (χ4n) is 2.47. The first-order chi connectivity index (χ1) is 11.3. The molecule has 0 saturated carbocycles. The zero-order chi connectivity index (χ0) is 15.9. The van der Waals surface area contributed by atoms with E-state index in [0.717, 1.165) is 23.8 Å². The topological polar surface area (TPSA) is 71.0 Å². The number of piperidine rings is 1. The number of pyridine rings is 1. The van der Waals surface area contributed by atoms with E-state index in [1.165, 1.54) is 37.4 Å². The molecule has 6 nitrogen and oxygen atoms in total. The van der Waals surface area contributed by atoms with Gasteiger partial charge in [-0.1, -0.05) is 0 Å². The highest BCUT2D eigenvalue weighted by molar-refractivity contribution is 8.00. The fourth-order valence-corrected chi connectivity index (χ4v) is 3.16. The smallest absolute Gasteiger partial charge is 0.235 e. The Morgan fingerprint density at radius 2 is 1.96 bits per heavy atom. The van der Waals surface area contributed by atoms with Crippen LogP contribution < -0.4 is 10.2 Å². The van der Waals surface area contributed by atoms with Crippen LogP contribution in [0.25, 0.3) is 0 Å². The maximum Gasteiger partial charge on any atom is 0.235 e. The number of anilines is 2. The fraction of sp³-hybridized carbons (Fsp3) is 0.375. The lowest BCUT2D eigenvalue weighted by molar-refractivity contribution is -0.113. The van der Waals surface area contributed by atoms with Gasteiger partial charge in [0, 0.05) is 36.4 Å². The highest BCUT2D eigenvalue weighted by Gasteiger charge is 2.13. The summed E-state index contributed by atoms with van der Waals surface area (Å²) in [5.74, 6) is 1.71. The number of carbonyl (C=O) groups is 1. The Bertz CT molecular complexity index is 646. The molecule has 1 fully saturated rings. The van der Waals surface area contributed by atoms with Crippen molar-refractivity contribution < 1.29 is 4.79 Å². The average molecular weight is 329 g/mol. The Morgan fingerprint density at radius 3 is 2.74 bits per heavy atom. The summed E-state index contributed by atoms with van der Waals surface area (Å²) in [5, 5.41) is 2.84. The molecule has 0 spiro atoms. The predicted molar refractivity (Wildman–Crippen MR) is 91.7 cm³/mol. The van der Waals surface area contributed by atoms with E-state index >= 15 is 0 Å². The molecule has 0 aliphatic carbocycles. The maximum absolute atomic E-state index is 12.1. The molecule has 1 N–H and O–H groups in total. The van der Waals surface area contributed by atoms with Crippen LogP contribution in [0, 0.1) is 0 Å². The molecule has 0 unspecified atom stereocenters. The van der Waals surface area contributed by atoms with Crippen LogP contribution >= 0.6 is 11.8 Å². The lowest BCUT2D eigenvalue weighted by Gasteiger charge is -2.27. The van der Waals surface area contributed by atoms with Crippen LogP contribution in [0.3, 0.4) is 0 Å². The van der Waals surface area contributed by atoms with Crippen LogP contribution in [0.15, 0.2) is 41.8 Å². The molecule has 3 heterocycles. The third-order valence-electron chi connectivity index (χ3n) is 3.62. The van der Waals surface area contributed by atoms with Crippen LogP contribution in [0.4, 0.5) is 11.6 Å². The van der Waals surface area contributed by atoms with E-state index in [9.17, 15) is 4.79 Å². The van der Waals surface area contributed by atoms with Crippen LogP contribution in [-0.4, -0.2) is 39.7 Å². The number of aromatic nitrogens is 3. The number of nitrogens with one attached hydrogen (secondary N) is 1. The van der Waals surface area contributed by atoms with Crippen molar-refractivity contribution in [1.29, 1.82) is 0 Å². The molecule has 1 aliphatic rings. The predicted octanol–water partition coefficient (Wildman–Crippen LogP) is 2.59. The largest absolute Gasteiger partial charge is 0.356 e. The third kappa shape index (κ3) is 4.66. The van der Waals surface area contributed by atoms with Crippen molar-refractivity contribution in [2.45, 2.75) is 24.2 Å². The molecule has 0 bridgehead atoms. The van der Waals surface area contributed by atoms with Crippen molar-refractivity contribution in [2.75, 3.05) is 29.1 Å². The molecule has 0 atom stereocenters. The van der Waals surface area contributed by atoms with Gasteiger partial charge in [-0.25, -0.2) is 9.97 Å². The number of thioether (sulfide) groups is 1. The normalized spacial score (nSPS) is 14.5. The maximum atomic E-state index is 12.1. The van der Waals surface area contributed by atoms with Gasteiger partial charge < -0.3 is 10.2 Å². The van der Waals surface area contributed by atoms with Gasteiger partial charge in [0.05, 0.1) is 5.75 Å². The molecule has 2 aromatic heterocycles. The van der Waals surface area contributed by atoms with Crippen molar-refractivity contribution in [3.63, 3.8) is 0 Å². The highest BCUT2D eigenvalue weighted by Crippen LogP contribution is 2.20. The van der Waals surface area contributed by atoms with Gasteiger partial charge in [0.15, 0.2) is 0 Å². The van der Waals surface area contributed by atoms with Crippen LogP contribution in [0.5, 0.6) is 0 Å². The molecular formula is C16H19N5OS. The van der Waals surface area contributed by atoms with E-state index < -0.39 is 0 Å². The molecule has 23 heavy (non-hydrogen) atoms. The van der Waals surface area contributed by atoms with Crippen molar-refractivity contribution in [3.05, 3.63) is 36.9 Å². The van der Waals surface area contributed by atoms with Gasteiger partial charge >= 0.3 is 0 Å². The summed E-state index contributed by atoms with van der Waals surface area (Å²) in [7, 11) is 0. The number of carbonyl (C=O) groups excluding carboxylic acids is 1. The molecular weight excluding hydrogens is 310 g/mol. The first-order valence-electron chi connectivity index (χ1n) is 7.71. The summed E-state index contributed by atoms with van der Waals surface area (Å²) in [6, 6.07) is 5.62. The van der Waals surface area contributed by atoms with E-state index in [1.807, 2.05) is 18.2 Å². The highest BCUT2D eigenvalue weighted by atomic mass is 32.2. The van der Waals surface area contributed by atoms with Crippen molar-refractivity contribution in [3.8, 4) is 0 Å². The average Bonchev–Trinajstić information content (AvgIpc) is 2.62. The molecule has 2 aromatic rings. The van der Waals surface area contributed by atoms with Gasteiger partial charge in [0.25, 0.3) is 0 Å². The van der Waals surface area contributed by atoms with E-state index in [4.69, 9.17) is 0 Å². The molecule has 1 amide bonds. The Morgan fingerprint density at radius 1 is 1.17 bits per heavy atom. The minimum absolute atomic E-state index is 0.0740. The van der Waals surface area contributed by atoms with Crippen LogP contribution in [0.2, 0.25) is 0 Å². The minimum Gasteiger partial charge on any atom is -0.356 e. The van der Waals surface area contributed by atoms with Crippen LogP contribution in [-0.2, 0) is 4.79 Å². The van der Waals surface area contributed by atoms with Crippen LogP contribution in [0.1, 0.15) is 19.3 Å². The van der Waals surface area contributed by atoms with E-state index in [1.54, 1.807) is 12.4 Å². The second-order valence-corrected chi connectivity index (χ2v) is 6.38. The van der Waals surface area contributed by atoms with Gasteiger partial charge in [-0.15, -0.1) is 11.8 Å². The third-order valence-corrected chi connectivity index (χ3v) is 4.63. The number of hydrogen-bond donors (Lipinski definition) is 1. The lowest BCUT2D eigenvalue weighted by atomic mass is 10.1. The first kappa shape index (κ1) is 15.7. The molecule has 0 radical (unpaired) electrons. The number of amides is 1. The van der Waals surface area contributed by atoms with Gasteiger partial charge in [-0.2, -0.15) is 0 Å². The number of rotatable bonds is 5. The summed E-state index contributed by atoms with van der Waals surface area (Å²) in [4.78, 5) is 27.7. The summed E-state index contributed by atoms with van der Waals surface area (Å²) in [6.45, 7) is 2.03. The van der Waals surface area contributed by atoms with Gasteiger partial charge in [-0.05, 0) is 31.4 Å². The van der Waals surface area contributed by atoms with E-state index in [2.05, 4.69) is 25.2 Å². The van der Waals surface area contributed by atoms with Crippen molar-refractivity contribution >= 4 is 29.3 Å². The Balaban J connectivity index is 1.55. The van der Waals surface area contributed by atoms with Crippen molar-refractivity contribution in [2.24, 2.45) is 0 Å². The Kier molecular flexibility index (Phi) is 5.42. The molecule has 7 heteroatoms. The molecule has 0 aromatic carbocycles. The van der Waals surface area contributed by atoms with Gasteiger partial charge in [0.1, 0.15) is 18.0 Å². The SMILES string of the molecule is O=C(CSc1ccncc1)Nc1cc(N2CCCCC2)ncn1. The molecule has 3 rings (SSSR count). The van der Waals surface area contributed by atoms with E-state index in [0.29, 0.717) is 11.6 Å². The standard InChI is InChI=1S/C16H19N5OS/c22-16(11-23-13-4-6-17-7-5-13)20-14-10-15(19-12-18-14)21-8-2-1-3-9-21/h4-7,10,12H,1-3,8-9,11H2,(H,18,19,20,22). The van der Waals surface area contributed by atoms with E-state index in [-0.39, 0.29) is 5.91 Å². The number of hydrogen-bond acceptors (Lipinski definition) is 6. The monoisotopic (exact) mass is 329 g/mol. The van der Waals surface area contributed by atoms with Gasteiger partial charge in [-0.3, -0.25) is 9.78 Å². The lowest BCUT2D eigenvalue weighted by Crippen LogP contribution is -2.30. The summed E-state index contributed by atoms with van der Waals surface area (Å²) in [6.07, 6.45) is 8.60. The molecule has 120 valence electrons. The van der Waals surface area contributed by atoms with Crippen molar-refractivity contribution in [1.82, 2.24) is 15.0 Å². The zero-order valence-corrected chi connectivity index (χ0v) is 13.6. The quantitative estimate of drug-likeness (QED) is 0.850. The Labute approximate surface area is 139 Å². The molecule has 1 aliphatic heterocycles. The molecule has 1 saturated heterocycles. The number of nitrogens with zero attached hydrogens (tertiary/aromatic N) is 4. The first-order valence-corrected chi connectivity index (χ1v) is 8.69. The van der Waals surface area contributed by atoms with Gasteiger partial charge in [0.2, 0.25) is 5.91 Å². The minimum atomic E-state index is -0.0740. The summed E-state index contributed by atoms with van der Waals surface area (Å²) < 4.78 is 0. The second kappa shape index (κ2) is 7.92. The zero-order valence-electron chi connectivity index (χ0n) is 12.8. The summed E-state index contributed by atoms with van der Waals surface area (Å²) in [5.41, 5.74) is 0.